The van der Waals surface area contributed by atoms with E-state index in [4.69, 9.17) is 19.4 Å². The molecular weight excluding hydrogens is 757 g/mol. The highest BCUT2D eigenvalue weighted by atomic mass is 32.1. The van der Waals surface area contributed by atoms with Crippen molar-refractivity contribution in [2.24, 2.45) is 0 Å². The van der Waals surface area contributed by atoms with Gasteiger partial charge in [-0.15, -0.1) is 22.7 Å². The molecule has 0 fully saturated rings. The van der Waals surface area contributed by atoms with Crippen molar-refractivity contribution in [3.63, 3.8) is 0 Å². The van der Waals surface area contributed by atoms with Crippen molar-refractivity contribution >= 4 is 77.5 Å². The quantitative estimate of drug-likeness (QED) is 0.171. The van der Waals surface area contributed by atoms with Gasteiger partial charge in [0.1, 0.15) is 10.0 Å². The summed E-state index contributed by atoms with van der Waals surface area (Å²) in [4.78, 5) is 23.7. The fourth-order valence-corrected chi connectivity index (χ4v) is 9.71. The highest BCUT2D eigenvalue weighted by Crippen LogP contribution is 2.57. The Morgan fingerprint density at radius 1 is 0.379 bits per heavy atom. The molecule has 2 aliphatic rings. The average molecular weight is 785 g/mol. The van der Waals surface area contributed by atoms with E-state index in [1.165, 1.54) is 0 Å². The number of pyridine rings is 2. The molecule has 10 aromatic rings. The number of ether oxygens (including phenoxy) is 2. The van der Waals surface area contributed by atoms with Crippen LogP contribution < -0.4 is 19.3 Å². The summed E-state index contributed by atoms with van der Waals surface area (Å²) >= 11 is 3.28. The monoisotopic (exact) mass is 784 g/mol. The van der Waals surface area contributed by atoms with Gasteiger partial charge in [0.05, 0.1) is 43.5 Å². The normalized spacial score (nSPS) is 12.7. The van der Waals surface area contributed by atoms with Gasteiger partial charge in [-0.1, -0.05) is 72.8 Å². The van der Waals surface area contributed by atoms with Crippen LogP contribution in [0.2, 0.25) is 0 Å². The second-order valence-electron chi connectivity index (χ2n) is 13.9. The van der Waals surface area contributed by atoms with Gasteiger partial charge in [0.25, 0.3) is 0 Å². The first-order valence-corrected chi connectivity index (χ1v) is 20.4. The standard InChI is InChI=1S/C48H28N6O2S2/c1-5-15-39-33(11-1)53(34-12-2-6-16-40(34)55-39)37-27-29(47-51-45-43(57-47)19-9-25-49-45)21-23-31(37)32-24-22-30(48-52-46-44(58-48)20-10-26-50-46)28-38(32)54-35-13-3-7-17-41(35)56-42-18-8-4-14-36(42)54/h1-28H. The number of fused-ring (bicyclic) bond motifs is 6. The van der Waals surface area contributed by atoms with Crippen molar-refractivity contribution in [1.82, 2.24) is 19.9 Å². The van der Waals surface area contributed by atoms with Crippen LogP contribution >= 0.6 is 22.7 Å². The van der Waals surface area contributed by atoms with Crippen LogP contribution in [-0.2, 0) is 0 Å². The fraction of sp³-hybridized carbons (Fsp3) is 0. The Hall–Kier alpha value is -7.40. The molecule has 0 saturated heterocycles. The summed E-state index contributed by atoms with van der Waals surface area (Å²) in [6.07, 6.45) is 3.58. The van der Waals surface area contributed by atoms with E-state index in [-0.39, 0.29) is 0 Å². The topological polar surface area (TPSA) is 76.5 Å². The van der Waals surface area contributed by atoms with Crippen molar-refractivity contribution in [3.8, 4) is 55.3 Å². The number of hydrogen-bond donors (Lipinski definition) is 0. The summed E-state index contributed by atoms with van der Waals surface area (Å²) in [6, 6.07) is 54.2. The third kappa shape index (κ3) is 5.27. The van der Waals surface area contributed by atoms with Crippen LogP contribution in [-0.4, -0.2) is 19.9 Å². The Kier molecular flexibility index (Phi) is 7.40. The van der Waals surface area contributed by atoms with Gasteiger partial charge in [0, 0.05) is 34.6 Å². The molecule has 2 aliphatic heterocycles. The number of nitrogens with zero attached hydrogens (tertiary/aromatic N) is 6. The molecule has 0 bridgehead atoms. The van der Waals surface area contributed by atoms with Gasteiger partial charge in [-0.25, -0.2) is 19.9 Å². The lowest BCUT2D eigenvalue weighted by Gasteiger charge is -2.36. The number of benzene rings is 6. The number of para-hydroxylation sites is 8. The van der Waals surface area contributed by atoms with Crippen molar-refractivity contribution < 1.29 is 9.47 Å². The molecule has 6 aromatic carbocycles. The molecular formula is C48H28N6O2S2. The zero-order valence-corrected chi connectivity index (χ0v) is 32.1. The lowest BCUT2D eigenvalue weighted by atomic mass is 9.95. The predicted octanol–water partition coefficient (Wildman–Crippen LogP) is 13.8. The number of aromatic nitrogens is 4. The van der Waals surface area contributed by atoms with Gasteiger partial charge in [-0.2, -0.15) is 0 Å². The predicted molar refractivity (Wildman–Crippen MR) is 234 cm³/mol. The van der Waals surface area contributed by atoms with Gasteiger partial charge in [-0.3, -0.25) is 0 Å². The lowest BCUT2D eigenvalue weighted by molar-refractivity contribution is 0.476. The highest BCUT2D eigenvalue weighted by Gasteiger charge is 2.32. The van der Waals surface area contributed by atoms with E-state index < -0.39 is 0 Å². The number of anilines is 6. The van der Waals surface area contributed by atoms with Gasteiger partial charge < -0.3 is 19.3 Å². The largest absolute Gasteiger partial charge is 0.453 e. The molecule has 0 atom stereocenters. The Balaban J connectivity index is 1.15. The molecule has 0 amide bonds. The summed E-state index contributed by atoms with van der Waals surface area (Å²) < 4.78 is 15.1. The minimum absolute atomic E-state index is 0.739. The van der Waals surface area contributed by atoms with Crippen LogP contribution in [0, 0.1) is 0 Å². The maximum absolute atomic E-state index is 6.52. The molecule has 4 aromatic heterocycles. The van der Waals surface area contributed by atoms with Crippen LogP contribution in [0.25, 0.3) is 53.0 Å². The molecule has 58 heavy (non-hydrogen) atoms. The summed E-state index contributed by atoms with van der Waals surface area (Å²) in [6.45, 7) is 0. The first-order valence-electron chi connectivity index (χ1n) is 18.8. The van der Waals surface area contributed by atoms with Gasteiger partial charge in [-0.05, 0) is 84.9 Å². The Bertz CT molecular complexity index is 2880. The minimum Gasteiger partial charge on any atom is -0.453 e. The third-order valence-corrected chi connectivity index (χ3v) is 12.6. The van der Waals surface area contributed by atoms with Crippen molar-refractivity contribution in [2.45, 2.75) is 0 Å². The average Bonchev–Trinajstić information content (AvgIpc) is 3.92. The molecule has 274 valence electrons. The molecule has 6 heterocycles. The van der Waals surface area contributed by atoms with Crippen LogP contribution in [0.15, 0.2) is 170 Å². The van der Waals surface area contributed by atoms with E-state index >= 15 is 0 Å². The van der Waals surface area contributed by atoms with Crippen LogP contribution in [0.3, 0.4) is 0 Å². The highest BCUT2D eigenvalue weighted by molar-refractivity contribution is 7.22. The third-order valence-electron chi connectivity index (χ3n) is 10.5. The zero-order valence-electron chi connectivity index (χ0n) is 30.5. The van der Waals surface area contributed by atoms with Gasteiger partial charge in [0.2, 0.25) is 0 Å². The second-order valence-corrected chi connectivity index (χ2v) is 16.0. The molecule has 0 unspecified atom stereocenters. The van der Waals surface area contributed by atoms with Crippen molar-refractivity contribution in [3.05, 3.63) is 170 Å². The number of thiazole rings is 2. The zero-order chi connectivity index (χ0) is 38.2. The Morgan fingerprint density at radius 2 is 0.759 bits per heavy atom. The smallest absolute Gasteiger partial charge is 0.170 e. The molecule has 10 heteroatoms. The molecule has 0 spiro atoms. The van der Waals surface area contributed by atoms with Crippen LogP contribution in [0.5, 0.6) is 23.0 Å². The maximum atomic E-state index is 6.52. The second kappa shape index (κ2) is 13.1. The molecule has 8 nitrogen and oxygen atoms in total. The first kappa shape index (κ1) is 32.8. The summed E-state index contributed by atoms with van der Waals surface area (Å²) in [5, 5.41) is 1.79. The first-order chi connectivity index (χ1) is 28.7. The van der Waals surface area contributed by atoms with Crippen LogP contribution in [0.4, 0.5) is 34.1 Å². The molecule has 0 radical (unpaired) electrons. The number of rotatable bonds is 5. The van der Waals surface area contributed by atoms with Crippen LogP contribution in [0.1, 0.15) is 0 Å². The lowest BCUT2D eigenvalue weighted by Crippen LogP contribution is -2.18. The van der Waals surface area contributed by atoms with Crippen molar-refractivity contribution in [2.75, 3.05) is 9.80 Å². The molecule has 0 aliphatic carbocycles. The fourth-order valence-electron chi connectivity index (χ4n) is 7.87. The van der Waals surface area contributed by atoms with E-state index in [0.29, 0.717) is 0 Å². The van der Waals surface area contributed by atoms with Gasteiger partial charge in [0.15, 0.2) is 34.3 Å². The van der Waals surface area contributed by atoms with E-state index in [1.54, 1.807) is 35.1 Å². The summed E-state index contributed by atoms with van der Waals surface area (Å²) in [5.74, 6) is 3.10. The molecule has 12 rings (SSSR count). The molecule has 0 saturated carbocycles. The van der Waals surface area contributed by atoms with E-state index in [1.807, 2.05) is 60.7 Å². The Morgan fingerprint density at radius 3 is 1.14 bits per heavy atom. The summed E-state index contributed by atoms with van der Waals surface area (Å²) in [7, 11) is 0. The van der Waals surface area contributed by atoms with Crippen molar-refractivity contribution in [1.29, 1.82) is 0 Å². The molecule has 0 N–H and O–H groups in total. The van der Waals surface area contributed by atoms with E-state index in [2.05, 4.69) is 117 Å². The van der Waals surface area contributed by atoms with E-state index in [9.17, 15) is 0 Å². The Labute approximate surface area is 340 Å². The van der Waals surface area contributed by atoms with E-state index in [0.717, 1.165) is 110 Å². The van der Waals surface area contributed by atoms with Gasteiger partial charge >= 0.3 is 0 Å². The maximum Gasteiger partial charge on any atom is 0.170 e. The minimum atomic E-state index is 0.739. The summed E-state index contributed by atoms with van der Waals surface area (Å²) in [5.41, 5.74) is 11.2. The SMILES string of the molecule is c1ccc2c(c1)Oc1ccccc1N2c1cc(-c2nc3ncccc3s2)ccc1-c1ccc(-c2nc3ncccc3s2)cc1N1c2ccccc2Oc2ccccc21. The number of hydrogen-bond acceptors (Lipinski definition) is 10.